The molecule has 0 saturated carbocycles. The Morgan fingerprint density at radius 1 is 1.18 bits per heavy atom. The summed E-state index contributed by atoms with van der Waals surface area (Å²) in [5, 5.41) is 2.46. The zero-order chi connectivity index (χ0) is 22.0. The third kappa shape index (κ3) is 6.70. The standard InChI is InChI=1S/C17H29BF3N3O4/c1-14(2,3)26-13(25)24-9-8-23-10-11(12(22)17(19,20)21)18-27-15(4,5)16(6,7)28-18/h10H,8-9,22H2,1-7H3,(H,24,25). The third-order valence-corrected chi connectivity index (χ3v) is 4.26. The Balaban J connectivity index is 2.85. The number of carbonyl (C=O) groups is 1. The van der Waals surface area contributed by atoms with Crippen LogP contribution in [0.3, 0.4) is 0 Å². The van der Waals surface area contributed by atoms with E-state index in [-0.39, 0.29) is 13.1 Å². The molecule has 7 nitrogen and oxygen atoms in total. The van der Waals surface area contributed by atoms with Crippen molar-refractivity contribution >= 4 is 19.4 Å². The summed E-state index contributed by atoms with van der Waals surface area (Å²) < 4.78 is 55.8. The van der Waals surface area contributed by atoms with Crippen LogP contribution in [-0.2, 0) is 14.0 Å². The molecule has 0 aliphatic carbocycles. The molecule has 0 unspecified atom stereocenters. The van der Waals surface area contributed by atoms with Gasteiger partial charge in [-0.2, -0.15) is 13.2 Å². The molecule has 0 aromatic rings. The van der Waals surface area contributed by atoms with Gasteiger partial charge in [-0.15, -0.1) is 0 Å². The third-order valence-electron chi connectivity index (χ3n) is 4.26. The molecule has 160 valence electrons. The molecule has 1 aliphatic heterocycles. The van der Waals surface area contributed by atoms with Crippen LogP contribution < -0.4 is 11.1 Å². The average Bonchev–Trinajstić information content (AvgIpc) is 2.67. The van der Waals surface area contributed by atoms with Gasteiger partial charge in [-0.3, -0.25) is 4.99 Å². The predicted molar refractivity (Wildman–Crippen MR) is 101 cm³/mol. The van der Waals surface area contributed by atoms with Crippen LogP contribution in [0.25, 0.3) is 0 Å². The summed E-state index contributed by atoms with van der Waals surface area (Å²) in [6, 6.07) is 0. The molecule has 3 N–H and O–H groups in total. The average molecular weight is 407 g/mol. The number of aliphatic imine (C=N–C) groups is 1. The number of alkyl halides is 3. The van der Waals surface area contributed by atoms with Crippen molar-refractivity contribution in [2.24, 2.45) is 10.7 Å². The Hall–Kier alpha value is -1.75. The number of hydrogen-bond donors (Lipinski definition) is 2. The zero-order valence-electron chi connectivity index (χ0n) is 17.4. The van der Waals surface area contributed by atoms with Gasteiger partial charge in [0.1, 0.15) is 11.3 Å². The fraction of sp³-hybridized carbons (Fsp3) is 0.765. The van der Waals surface area contributed by atoms with E-state index in [4.69, 9.17) is 19.8 Å². The minimum atomic E-state index is -4.76. The minimum Gasteiger partial charge on any atom is -0.444 e. The number of nitrogens with one attached hydrogen (secondary N) is 1. The SMILES string of the molecule is CC(C)(C)OC(=O)NCCN=CC(B1OC(C)(C)C(C)(C)O1)=C(N)C(F)(F)F. The summed E-state index contributed by atoms with van der Waals surface area (Å²) in [6.07, 6.45) is -4.43. The van der Waals surface area contributed by atoms with Gasteiger partial charge in [0, 0.05) is 18.2 Å². The van der Waals surface area contributed by atoms with Crippen molar-refractivity contribution in [1.29, 1.82) is 0 Å². The van der Waals surface area contributed by atoms with Crippen LogP contribution in [0.15, 0.2) is 16.2 Å². The van der Waals surface area contributed by atoms with Crippen molar-refractivity contribution in [3.63, 3.8) is 0 Å². The first kappa shape index (κ1) is 24.3. The minimum absolute atomic E-state index is 0.0212. The van der Waals surface area contributed by atoms with Crippen LogP contribution >= 0.6 is 0 Å². The Bertz CT molecular complexity index is 625. The van der Waals surface area contributed by atoms with Crippen LogP contribution in [0.4, 0.5) is 18.0 Å². The highest BCUT2D eigenvalue weighted by Gasteiger charge is 2.54. The second-order valence-corrected chi connectivity index (χ2v) is 8.42. The van der Waals surface area contributed by atoms with Crippen molar-refractivity contribution < 1.29 is 32.0 Å². The molecule has 0 atom stereocenters. The molecule has 1 rings (SSSR count). The number of amides is 1. The van der Waals surface area contributed by atoms with E-state index in [2.05, 4.69) is 10.3 Å². The van der Waals surface area contributed by atoms with Gasteiger partial charge in [0.2, 0.25) is 0 Å². The van der Waals surface area contributed by atoms with E-state index in [1.807, 2.05) is 0 Å². The second-order valence-electron chi connectivity index (χ2n) is 8.42. The molecular formula is C17H29BF3N3O4. The van der Waals surface area contributed by atoms with Crippen LogP contribution in [0.1, 0.15) is 48.5 Å². The maximum absolute atomic E-state index is 13.1. The van der Waals surface area contributed by atoms with Crippen LogP contribution in [0, 0.1) is 0 Å². The van der Waals surface area contributed by atoms with Gasteiger partial charge in [0.05, 0.1) is 17.7 Å². The smallest absolute Gasteiger partial charge is 0.444 e. The molecule has 1 fully saturated rings. The highest BCUT2D eigenvalue weighted by molar-refractivity contribution is 6.60. The number of hydrogen-bond acceptors (Lipinski definition) is 6. The molecule has 11 heteroatoms. The summed E-state index contributed by atoms with van der Waals surface area (Å²) >= 11 is 0. The lowest BCUT2D eigenvalue weighted by Gasteiger charge is -2.32. The molecule has 0 bridgehead atoms. The van der Waals surface area contributed by atoms with Crippen molar-refractivity contribution in [2.75, 3.05) is 13.1 Å². The second kappa shape index (κ2) is 8.32. The quantitative estimate of drug-likeness (QED) is 0.415. The van der Waals surface area contributed by atoms with Gasteiger partial charge in [0.15, 0.2) is 0 Å². The number of halogens is 3. The van der Waals surface area contributed by atoms with E-state index in [1.54, 1.807) is 48.5 Å². The summed E-state index contributed by atoms with van der Waals surface area (Å²) in [7, 11) is -1.31. The van der Waals surface area contributed by atoms with Gasteiger partial charge >= 0.3 is 19.4 Å². The highest BCUT2D eigenvalue weighted by atomic mass is 19.4. The van der Waals surface area contributed by atoms with E-state index in [1.165, 1.54) is 0 Å². The molecule has 0 spiro atoms. The predicted octanol–water partition coefficient (Wildman–Crippen LogP) is 2.99. The van der Waals surface area contributed by atoms with Gasteiger partial charge in [-0.05, 0) is 48.5 Å². The lowest BCUT2D eigenvalue weighted by atomic mass is 9.77. The topological polar surface area (TPSA) is 95.2 Å². The maximum Gasteiger partial charge on any atom is 0.498 e. The van der Waals surface area contributed by atoms with Gasteiger partial charge in [-0.1, -0.05) is 0 Å². The Labute approximate surface area is 164 Å². The van der Waals surface area contributed by atoms with Crippen LogP contribution in [0.2, 0.25) is 0 Å². The number of carbonyl (C=O) groups excluding carboxylic acids is 1. The first-order chi connectivity index (χ1) is 12.5. The lowest BCUT2D eigenvalue weighted by molar-refractivity contribution is -0.0930. The van der Waals surface area contributed by atoms with E-state index in [0.717, 1.165) is 6.21 Å². The summed E-state index contributed by atoms with van der Waals surface area (Å²) in [4.78, 5) is 15.5. The van der Waals surface area contributed by atoms with E-state index in [0.29, 0.717) is 0 Å². The molecule has 0 aromatic heterocycles. The summed E-state index contributed by atoms with van der Waals surface area (Å²) in [5.74, 6) is 0. The first-order valence-corrected chi connectivity index (χ1v) is 8.85. The zero-order valence-corrected chi connectivity index (χ0v) is 17.4. The fourth-order valence-corrected chi connectivity index (χ4v) is 2.09. The van der Waals surface area contributed by atoms with E-state index >= 15 is 0 Å². The van der Waals surface area contributed by atoms with Crippen molar-refractivity contribution in [2.45, 2.75) is 71.4 Å². The number of nitrogens with two attached hydrogens (primary N) is 1. The van der Waals surface area contributed by atoms with E-state index < -0.39 is 47.4 Å². The van der Waals surface area contributed by atoms with E-state index in [9.17, 15) is 18.0 Å². The van der Waals surface area contributed by atoms with Gasteiger partial charge in [0.25, 0.3) is 0 Å². The summed E-state index contributed by atoms with van der Waals surface area (Å²) in [6.45, 7) is 12.1. The Kier molecular flexibility index (Phi) is 7.22. The highest BCUT2D eigenvalue weighted by Crippen LogP contribution is 2.39. The maximum atomic E-state index is 13.1. The molecule has 1 amide bonds. The molecule has 0 aromatic carbocycles. The largest absolute Gasteiger partial charge is 0.498 e. The van der Waals surface area contributed by atoms with Gasteiger partial charge < -0.3 is 25.1 Å². The van der Waals surface area contributed by atoms with Crippen molar-refractivity contribution in [3.8, 4) is 0 Å². The number of alkyl carbamates (subject to hydrolysis) is 1. The Morgan fingerprint density at radius 2 is 1.68 bits per heavy atom. The molecule has 1 heterocycles. The normalized spacial score (nSPS) is 20.3. The fourth-order valence-electron chi connectivity index (χ4n) is 2.09. The van der Waals surface area contributed by atoms with Crippen molar-refractivity contribution in [1.82, 2.24) is 5.32 Å². The molecule has 0 radical (unpaired) electrons. The van der Waals surface area contributed by atoms with Crippen LogP contribution in [-0.4, -0.2) is 55.5 Å². The molecule has 28 heavy (non-hydrogen) atoms. The Morgan fingerprint density at radius 3 is 2.11 bits per heavy atom. The lowest BCUT2D eigenvalue weighted by Crippen LogP contribution is -2.41. The van der Waals surface area contributed by atoms with Crippen LogP contribution in [0.5, 0.6) is 0 Å². The first-order valence-electron chi connectivity index (χ1n) is 8.85. The molecule has 1 aliphatic rings. The summed E-state index contributed by atoms with van der Waals surface area (Å²) in [5.41, 5.74) is 1.23. The van der Waals surface area contributed by atoms with Gasteiger partial charge in [-0.25, -0.2) is 4.79 Å². The molecule has 1 saturated heterocycles. The number of rotatable bonds is 5. The van der Waals surface area contributed by atoms with Crippen molar-refractivity contribution in [3.05, 3.63) is 11.2 Å². The molecular weight excluding hydrogens is 378 g/mol. The monoisotopic (exact) mass is 407 g/mol. The number of ether oxygens (including phenoxy) is 1. The number of nitrogens with zero attached hydrogens (tertiary/aromatic N) is 1. The number of allylic oxidation sites excluding steroid dienone is 2.